The summed E-state index contributed by atoms with van der Waals surface area (Å²) in [6, 6.07) is 12.0. The first kappa shape index (κ1) is 26.3. The highest BCUT2D eigenvalue weighted by atomic mass is 19.3. The molecule has 0 unspecified atom stereocenters. The number of rotatable bonds is 12. The second kappa shape index (κ2) is 12.9. The number of ether oxygens (including phenoxy) is 1. The van der Waals surface area contributed by atoms with Gasteiger partial charge in [0.15, 0.2) is 0 Å². The lowest BCUT2D eigenvalue weighted by Gasteiger charge is -2.29. The summed E-state index contributed by atoms with van der Waals surface area (Å²) in [5.41, 5.74) is 2.23. The number of benzene rings is 2. The topological polar surface area (TPSA) is 9.23 Å². The fraction of sp³-hybridized carbons (Fsp3) is 0.467. The van der Waals surface area contributed by atoms with E-state index in [1.807, 2.05) is 37.3 Å². The van der Waals surface area contributed by atoms with Crippen molar-refractivity contribution in [1.29, 1.82) is 0 Å². The highest BCUT2D eigenvalue weighted by molar-refractivity contribution is 5.29. The van der Waals surface area contributed by atoms with Crippen molar-refractivity contribution in [3.05, 3.63) is 95.3 Å². The maximum atomic E-state index is 14.7. The zero-order chi connectivity index (χ0) is 24.4. The van der Waals surface area contributed by atoms with Gasteiger partial charge in [-0.1, -0.05) is 48.6 Å². The minimum Gasteiger partial charge on any atom is -0.316 e. The zero-order valence-corrected chi connectivity index (χ0v) is 20.2. The number of aryl methyl sites for hydroxylation is 1. The summed E-state index contributed by atoms with van der Waals surface area (Å²) in [6.45, 7) is 5.57. The quantitative estimate of drug-likeness (QED) is 0.281. The molecule has 0 heterocycles. The van der Waals surface area contributed by atoms with Gasteiger partial charge in [-0.3, -0.25) is 0 Å². The van der Waals surface area contributed by atoms with Gasteiger partial charge in [0.2, 0.25) is 0 Å². The summed E-state index contributed by atoms with van der Waals surface area (Å²) in [5, 5.41) is 0. The molecule has 0 N–H and O–H groups in total. The van der Waals surface area contributed by atoms with E-state index in [0.717, 1.165) is 56.1 Å². The standard InChI is InChI=1S/C30H37F3O/c1-3-5-7-9-24-14-16-26(17-15-24)27-18-19-28(29(31)22-27)30(32,33)34-21-20-25-12-10-23(11-13-25)8-6-4-2/h3-5,10-13,18-19,22,24,26H,2,6-9,14-17,20-21H2,1H3. The minimum absolute atomic E-state index is 0.183. The molecule has 4 heteroatoms. The molecular weight excluding hydrogens is 433 g/mol. The van der Waals surface area contributed by atoms with Gasteiger partial charge in [0.25, 0.3) is 0 Å². The molecule has 0 spiro atoms. The second-order valence-electron chi connectivity index (χ2n) is 9.36. The molecule has 0 amide bonds. The van der Waals surface area contributed by atoms with E-state index in [1.54, 1.807) is 6.07 Å². The largest absolute Gasteiger partial charge is 0.386 e. The average Bonchev–Trinajstić information content (AvgIpc) is 2.84. The van der Waals surface area contributed by atoms with Gasteiger partial charge in [-0.2, -0.15) is 8.78 Å². The van der Waals surface area contributed by atoms with Crippen LogP contribution in [0, 0.1) is 11.7 Å². The lowest BCUT2D eigenvalue weighted by atomic mass is 9.77. The summed E-state index contributed by atoms with van der Waals surface area (Å²) >= 11 is 0. The molecule has 0 bridgehead atoms. The average molecular weight is 471 g/mol. The van der Waals surface area contributed by atoms with Crippen molar-refractivity contribution in [3.63, 3.8) is 0 Å². The number of alkyl halides is 2. The molecular formula is C30H37F3O. The highest BCUT2D eigenvalue weighted by Crippen LogP contribution is 2.39. The van der Waals surface area contributed by atoms with Crippen molar-refractivity contribution < 1.29 is 17.9 Å². The summed E-state index contributed by atoms with van der Waals surface area (Å²) in [6.07, 6.45) is 11.1. The van der Waals surface area contributed by atoms with Crippen LogP contribution < -0.4 is 0 Å². The Kier molecular flexibility index (Phi) is 10.0. The number of allylic oxidation sites excluding steroid dienone is 3. The van der Waals surface area contributed by atoms with Gasteiger partial charge in [0.05, 0.1) is 12.2 Å². The third kappa shape index (κ3) is 7.59. The molecule has 0 atom stereocenters. The summed E-state index contributed by atoms with van der Waals surface area (Å²) < 4.78 is 48.8. The lowest BCUT2D eigenvalue weighted by Crippen LogP contribution is -2.22. The smallest absolute Gasteiger partial charge is 0.316 e. The highest BCUT2D eigenvalue weighted by Gasteiger charge is 2.36. The maximum Gasteiger partial charge on any atom is 0.386 e. The Morgan fingerprint density at radius 1 is 0.971 bits per heavy atom. The van der Waals surface area contributed by atoms with Crippen molar-refractivity contribution in [2.24, 2.45) is 5.92 Å². The lowest BCUT2D eigenvalue weighted by molar-refractivity contribution is -0.249. The van der Waals surface area contributed by atoms with Crippen LogP contribution in [0.3, 0.4) is 0 Å². The van der Waals surface area contributed by atoms with Gasteiger partial charge < -0.3 is 4.74 Å². The van der Waals surface area contributed by atoms with E-state index in [0.29, 0.717) is 12.3 Å². The third-order valence-corrected chi connectivity index (χ3v) is 6.94. The fourth-order valence-corrected chi connectivity index (χ4v) is 4.82. The monoisotopic (exact) mass is 470 g/mol. The van der Waals surface area contributed by atoms with Gasteiger partial charge in [-0.15, -0.1) is 6.58 Å². The van der Waals surface area contributed by atoms with E-state index in [9.17, 15) is 13.2 Å². The van der Waals surface area contributed by atoms with Crippen LogP contribution in [0.15, 0.2) is 67.3 Å². The maximum absolute atomic E-state index is 14.7. The van der Waals surface area contributed by atoms with Gasteiger partial charge in [0.1, 0.15) is 5.82 Å². The second-order valence-corrected chi connectivity index (χ2v) is 9.36. The first-order valence-electron chi connectivity index (χ1n) is 12.5. The van der Waals surface area contributed by atoms with Crippen molar-refractivity contribution in [1.82, 2.24) is 0 Å². The predicted molar refractivity (Wildman–Crippen MR) is 134 cm³/mol. The van der Waals surface area contributed by atoms with Crippen molar-refractivity contribution >= 4 is 0 Å². The SMILES string of the molecule is C=CCCc1ccc(CCOC(F)(F)c2ccc(C3CCC(CCC=CC)CC3)cc2F)cc1. The molecule has 1 fully saturated rings. The molecule has 0 radical (unpaired) electrons. The number of hydrogen-bond donors (Lipinski definition) is 0. The van der Waals surface area contributed by atoms with Crippen LogP contribution in [0.25, 0.3) is 0 Å². The Hall–Kier alpha value is -2.33. The first-order valence-corrected chi connectivity index (χ1v) is 12.5. The van der Waals surface area contributed by atoms with E-state index in [-0.39, 0.29) is 12.5 Å². The molecule has 184 valence electrons. The molecule has 1 aliphatic carbocycles. The van der Waals surface area contributed by atoms with Gasteiger partial charge in [-0.05, 0) is 105 Å². The predicted octanol–water partition coefficient (Wildman–Crippen LogP) is 8.88. The van der Waals surface area contributed by atoms with E-state index in [2.05, 4.69) is 18.7 Å². The molecule has 34 heavy (non-hydrogen) atoms. The Morgan fingerprint density at radius 2 is 1.65 bits per heavy atom. The van der Waals surface area contributed by atoms with Crippen LogP contribution in [0.4, 0.5) is 13.2 Å². The van der Waals surface area contributed by atoms with E-state index in [4.69, 9.17) is 4.74 Å². The van der Waals surface area contributed by atoms with Gasteiger partial charge >= 0.3 is 6.11 Å². The molecule has 1 nitrogen and oxygen atoms in total. The first-order chi connectivity index (χ1) is 16.4. The Morgan fingerprint density at radius 3 is 2.26 bits per heavy atom. The zero-order valence-electron chi connectivity index (χ0n) is 20.2. The van der Waals surface area contributed by atoms with Crippen LogP contribution in [-0.4, -0.2) is 6.61 Å². The molecule has 0 aromatic heterocycles. The van der Waals surface area contributed by atoms with Crippen LogP contribution in [0.1, 0.15) is 80.0 Å². The summed E-state index contributed by atoms with van der Waals surface area (Å²) in [4.78, 5) is 0. The minimum atomic E-state index is -3.66. The normalized spacial score (nSPS) is 18.9. The van der Waals surface area contributed by atoms with Gasteiger partial charge in [-0.25, -0.2) is 4.39 Å². The molecule has 1 saturated carbocycles. The fourth-order valence-electron chi connectivity index (χ4n) is 4.82. The molecule has 0 saturated heterocycles. The Labute approximate surface area is 202 Å². The Balaban J connectivity index is 1.51. The van der Waals surface area contributed by atoms with Crippen molar-refractivity contribution in [2.75, 3.05) is 6.61 Å². The van der Waals surface area contributed by atoms with Crippen LogP contribution in [0.2, 0.25) is 0 Å². The number of halogens is 3. The summed E-state index contributed by atoms with van der Waals surface area (Å²) in [5.74, 6) is 0.0624. The Bertz CT molecular complexity index is 925. The third-order valence-electron chi connectivity index (χ3n) is 6.94. The molecule has 0 aliphatic heterocycles. The van der Waals surface area contributed by atoms with Crippen LogP contribution >= 0.6 is 0 Å². The van der Waals surface area contributed by atoms with Crippen molar-refractivity contribution in [3.8, 4) is 0 Å². The van der Waals surface area contributed by atoms with Crippen LogP contribution in [0.5, 0.6) is 0 Å². The molecule has 2 aromatic rings. The van der Waals surface area contributed by atoms with Crippen LogP contribution in [-0.2, 0) is 23.7 Å². The molecule has 3 rings (SSSR count). The van der Waals surface area contributed by atoms with E-state index < -0.39 is 17.5 Å². The van der Waals surface area contributed by atoms with E-state index >= 15 is 0 Å². The van der Waals surface area contributed by atoms with E-state index in [1.165, 1.54) is 24.1 Å². The molecule has 1 aliphatic rings. The van der Waals surface area contributed by atoms with Gasteiger partial charge in [0, 0.05) is 0 Å². The van der Waals surface area contributed by atoms with Crippen molar-refractivity contribution in [2.45, 2.75) is 76.7 Å². The molecule has 2 aromatic carbocycles. The summed E-state index contributed by atoms with van der Waals surface area (Å²) in [7, 11) is 0. The number of hydrogen-bond acceptors (Lipinski definition) is 1.